The summed E-state index contributed by atoms with van der Waals surface area (Å²) in [7, 11) is 0.341. The lowest BCUT2D eigenvalue weighted by atomic mass is 10.1. The summed E-state index contributed by atoms with van der Waals surface area (Å²) in [6.45, 7) is 5.87. The van der Waals surface area contributed by atoms with Crippen molar-refractivity contribution >= 4 is 40.8 Å². The fourth-order valence-corrected chi connectivity index (χ4v) is 7.79. The Balaban J connectivity index is 1.41. The van der Waals surface area contributed by atoms with Gasteiger partial charge in [0.1, 0.15) is 5.82 Å². The van der Waals surface area contributed by atoms with Crippen molar-refractivity contribution in [3.8, 4) is 5.82 Å². The molecule has 1 aliphatic rings. The van der Waals surface area contributed by atoms with Crippen molar-refractivity contribution in [2.45, 2.75) is 19.1 Å². The van der Waals surface area contributed by atoms with Gasteiger partial charge >= 0.3 is 0 Å². The standard InChI is InChI=1S/C30H30N4Si/c1-32-17-18-33(22-32)24-10-8-9-23(19-24)21-35(2,3)25-14-15-27-26-11-4-5-12-28(26)34(29(27)20-25)30-13-6-7-16-31-30/h4-20H,21-22H2,1-3H3. The summed E-state index contributed by atoms with van der Waals surface area (Å²) in [5.74, 6) is 0.964. The maximum absolute atomic E-state index is 4.69. The number of pyridine rings is 1. The molecule has 0 atom stereocenters. The Morgan fingerprint density at radius 3 is 2.43 bits per heavy atom. The van der Waals surface area contributed by atoms with Crippen LogP contribution in [0.1, 0.15) is 5.56 Å². The molecule has 3 heterocycles. The van der Waals surface area contributed by atoms with Crippen molar-refractivity contribution in [1.29, 1.82) is 0 Å². The topological polar surface area (TPSA) is 24.3 Å². The Bertz CT molecular complexity index is 1550. The number of aromatic nitrogens is 2. The first kappa shape index (κ1) is 21.7. The SMILES string of the molecule is CN1C=CN(c2cccc(C[Si](C)(C)c3ccc4c5ccccc5n(-c5ccccn5)c4c3)c2)C1. The fraction of sp³-hybridized carbons (Fsp3) is 0.167. The Morgan fingerprint density at radius 2 is 1.63 bits per heavy atom. The molecule has 35 heavy (non-hydrogen) atoms. The van der Waals surface area contributed by atoms with E-state index in [9.17, 15) is 0 Å². The van der Waals surface area contributed by atoms with E-state index in [1.807, 2.05) is 12.3 Å². The van der Waals surface area contributed by atoms with Crippen LogP contribution < -0.4 is 10.1 Å². The van der Waals surface area contributed by atoms with Gasteiger partial charge in [0.15, 0.2) is 0 Å². The monoisotopic (exact) mass is 474 g/mol. The second-order valence-electron chi connectivity index (χ2n) is 10.2. The molecule has 4 nitrogen and oxygen atoms in total. The van der Waals surface area contributed by atoms with Gasteiger partial charge < -0.3 is 9.80 Å². The van der Waals surface area contributed by atoms with E-state index in [-0.39, 0.29) is 0 Å². The fourth-order valence-electron chi connectivity index (χ4n) is 5.28. The second kappa shape index (κ2) is 8.43. The molecule has 5 aromatic rings. The van der Waals surface area contributed by atoms with Gasteiger partial charge in [-0.15, -0.1) is 0 Å². The van der Waals surface area contributed by atoms with Crippen molar-refractivity contribution in [3.63, 3.8) is 0 Å². The number of benzene rings is 3. The number of rotatable bonds is 5. The van der Waals surface area contributed by atoms with Crippen molar-refractivity contribution in [2.24, 2.45) is 0 Å². The zero-order chi connectivity index (χ0) is 24.0. The molecule has 0 saturated heterocycles. The zero-order valence-electron chi connectivity index (χ0n) is 20.5. The molecule has 0 radical (unpaired) electrons. The average Bonchev–Trinajstić information content (AvgIpc) is 3.45. The molecule has 0 unspecified atom stereocenters. The lowest BCUT2D eigenvalue weighted by Crippen LogP contribution is -2.44. The molecule has 0 spiro atoms. The summed E-state index contributed by atoms with van der Waals surface area (Å²) in [6.07, 6.45) is 6.16. The van der Waals surface area contributed by atoms with E-state index >= 15 is 0 Å². The average molecular weight is 475 g/mol. The van der Waals surface area contributed by atoms with Crippen molar-refractivity contribution < 1.29 is 0 Å². The van der Waals surface area contributed by atoms with E-state index < -0.39 is 8.07 Å². The smallest absolute Gasteiger partial charge is 0.137 e. The Morgan fingerprint density at radius 1 is 0.800 bits per heavy atom. The van der Waals surface area contributed by atoms with E-state index in [4.69, 9.17) is 4.98 Å². The van der Waals surface area contributed by atoms with Gasteiger partial charge in [-0.25, -0.2) is 4.98 Å². The Labute approximate surface area is 207 Å². The number of nitrogens with zero attached hydrogens (tertiary/aromatic N) is 4. The molecule has 0 saturated carbocycles. The van der Waals surface area contributed by atoms with E-state index in [0.717, 1.165) is 18.5 Å². The number of hydrogen-bond acceptors (Lipinski definition) is 3. The number of hydrogen-bond donors (Lipinski definition) is 0. The second-order valence-corrected chi connectivity index (χ2v) is 14.9. The molecule has 1 aliphatic heterocycles. The van der Waals surface area contributed by atoms with Gasteiger partial charge in [0, 0.05) is 42.1 Å². The molecule has 2 aromatic heterocycles. The van der Waals surface area contributed by atoms with Gasteiger partial charge in [-0.1, -0.05) is 66.8 Å². The minimum atomic E-state index is -1.77. The molecule has 3 aromatic carbocycles. The molecule has 0 fully saturated rings. The largest absolute Gasteiger partial charge is 0.361 e. The van der Waals surface area contributed by atoms with Crippen LogP contribution in [-0.2, 0) is 6.04 Å². The highest BCUT2D eigenvalue weighted by Gasteiger charge is 2.26. The summed E-state index contributed by atoms with van der Waals surface area (Å²) < 4.78 is 2.31. The summed E-state index contributed by atoms with van der Waals surface area (Å²) in [6, 6.07) is 32.0. The van der Waals surface area contributed by atoms with Gasteiger partial charge in [-0.05, 0) is 48.0 Å². The number of fused-ring (bicyclic) bond motifs is 3. The number of para-hydroxylation sites is 1. The maximum Gasteiger partial charge on any atom is 0.137 e. The van der Waals surface area contributed by atoms with Gasteiger partial charge in [-0.3, -0.25) is 4.57 Å². The van der Waals surface area contributed by atoms with Crippen LogP contribution in [0.2, 0.25) is 13.1 Å². The maximum atomic E-state index is 4.69. The molecule has 6 rings (SSSR count). The third kappa shape index (κ3) is 3.92. The third-order valence-corrected chi connectivity index (χ3v) is 10.3. The highest BCUT2D eigenvalue weighted by molar-refractivity contribution is 6.89. The van der Waals surface area contributed by atoms with Crippen molar-refractivity contribution in [3.05, 3.63) is 109 Å². The molecule has 0 N–H and O–H groups in total. The van der Waals surface area contributed by atoms with Crippen molar-refractivity contribution in [1.82, 2.24) is 14.5 Å². The first-order valence-corrected chi connectivity index (χ1v) is 15.4. The van der Waals surface area contributed by atoms with Crippen LogP contribution in [0.25, 0.3) is 27.6 Å². The molecular weight excluding hydrogens is 444 g/mol. The molecule has 0 aliphatic carbocycles. The van der Waals surface area contributed by atoms with Crippen molar-refractivity contribution in [2.75, 3.05) is 18.6 Å². The quantitative estimate of drug-likeness (QED) is 0.290. The zero-order valence-corrected chi connectivity index (χ0v) is 21.5. The van der Waals surface area contributed by atoms with Gasteiger partial charge in [-0.2, -0.15) is 0 Å². The van der Waals surface area contributed by atoms with Gasteiger partial charge in [0.25, 0.3) is 0 Å². The van der Waals surface area contributed by atoms with Gasteiger partial charge in [0.05, 0.1) is 25.8 Å². The van der Waals surface area contributed by atoms with Crippen LogP contribution in [-0.4, -0.2) is 36.2 Å². The third-order valence-electron chi connectivity index (χ3n) is 7.10. The lowest BCUT2D eigenvalue weighted by Gasteiger charge is -2.25. The van der Waals surface area contributed by atoms with Crippen LogP contribution in [0.3, 0.4) is 0 Å². The lowest BCUT2D eigenvalue weighted by molar-refractivity contribution is 0.495. The van der Waals surface area contributed by atoms with E-state index in [2.05, 4.69) is 126 Å². The highest BCUT2D eigenvalue weighted by atomic mass is 28.3. The molecule has 174 valence electrons. The van der Waals surface area contributed by atoms with E-state index in [1.54, 1.807) is 0 Å². The van der Waals surface area contributed by atoms with Crippen LogP contribution in [0.4, 0.5) is 5.69 Å². The molecular formula is C30H30N4Si. The summed E-state index contributed by atoms with van der Waals surface area (Å²) in [5, 5.41) is 4.03. The Kier molecular flexibility index (Phi) is 5.22. The van der Waals surface area contributed by atoms with Crippen LogP contribution in [0.15, 0.2) is 104 Å². The van der Waals surface area contributed by atoms with E-state index in [0.29, 0.717) is 0 Å². The molecule has 0 amide bonds. The highest BCUT2D eigenvalue weighted by Crippen LogP contribution is 2.31. The van der Waals surface area contributed by atoms with Crippen LogP contribution >= 0.6 is 0 Å². The number of anilines is 1. The summed E-state index contributed by atoms with van der Waals surface area (Å²) in [4.78, 5) is 9.19. The normalized spacial score (nSPS) is 13.9. The minimum absolute atomic E-state index is 0.902. The minimum Gasteiger partial charge on any atom is -0.361 e. The Hall–Kier alpha value is -3.83. The first-order chi connectivity index (χ1) is 17.0. The predicted molar refractivity (Wildman–Crippen MR) is 150 cm³/mol. The molecule has 5 heteroatoms. The van der Waals surface area contributed by atoms with Gasteiger partial charge in [0.2, 0.25) is 0 Å². The van der Waals surface area contributed by atoms with Crippen LogP contribution in [0, 0.1) is 0 Å². The first-order valence-electron chi connectivity index (χ1n) is 12.2. The van der Waals surface area contributed by atoms with Crippen LogP contribution in [0.5, 0.6) is 0 Å². The molecule has 0 bridgehead atoms. The summed E-state index contributed by atoms with van der Waals surface area (Å²) >= 11 is 0. The van der Waals surface area contributed by atoms with E-state index in [1.165, 1.54) is 38.2 Å². The summed E-state index contributed by atoms with van der Waals surface area (Å²) in [5.41, 5.74) is 5.11. The predicted octanol–water partition coefficient (Wildman–Crippen LogP) is 6.06.